The smallest absolute Gasteiger partial charge is 0.181 e. The van der Waals surface area contributed by atoms with Gasteiger partial charge in [-0.3, -0.25) is 0 Å². The third-order valence-corrected chi connectivity index (χ3v) is 5.09. The van der Waals surface area contributed by atoms with E-state index >= 15 is 0 Å². The van der Waals surface area contributed by atoms with E-state index in [0.29, 0.717) is 0 Å². The predicted octanol–water partition coefficient (Wildman–Crippen LogP) is 4.28. The molecule has 3 aromatic rings. The van der Waals surface area contributed by atoms with Crippen molar-refractivity contribution in [2.45, 2.75) is 46.1 Å². The Balaban J connectivity index is 2.03. The summed E-state index contributed by atoms with van der Waals surface area (Å²) in [6.07, 6.45) is 1.75. The van der Waals surface area contributed by atoms with E-state index in [1.807, 2.05) is 28.9 Å². The van der Waals surface area contributed by atoms with Crippen molar-refractivity contribution in [3.05, 3.63) is 59.4 Å². The molecule has 0 spiro atoms. The van der Waals surface area contributed by atoms with Gasteiger partial charge in [0, 0.05) is 5.69 Å². The summed E-state index contributed by atoms with van der Waals surface area (Å²) < 4.78 is 7.13. The van der Waals surface area contributed by atoms with Crippen molar-refractivity contribution >= 4 is 5.69 Å². The molecule has 0 saturated carbocycles. The molecule has 3 rings (SSSR count). The van der Waals surface area contributed by atoms with Crippen LogP contribution in [-0.2, 0) is 12.0 Å². The fourth-order valence-corrected chi connectivity index (χ4v) is 3.29. The van der Waals surface area contributed by atoms with Crippen molar-refractivity contribution < 1.29 is 4.74 Å². The summed E-state index contributed by atoms with van der Waals surface area (Å²) in [4.78, 5) is 0. The summed E-state index contributed by atoms with van der Waals surface area (Å²) in [5.74, 6) is 1.63. The zero-order chi connectivity index (χ0) is 19.4. The van der Waals surface area contributed by atoms with E-state index in [1.165, 1.54) is 5.56 Å². The standard InChI is InChI=1S/C21H27N5O/c1-6-16-10-8-9-15(3)19(16)26-20(23-24-25-26)21(4,7-2)22-17-11-13-18(27-5)14-12-17/h8-14,22H,6-7H2,1-5H3. The van der Waals surface area contributed by atoms with Crippen LogP contribution >= 0.6 is 0 Å². The van der Waals surface area contributed by atoms with Gasteiger partial charge in [-0.2, -0.15) is 4.68 Å². The summed E-state index contributed by atoms with van der Waals surface area (Å²) in [5, 5.41) is 16.3. The molecule has 1 unspecified atom stereocenters. The lowest BCUT2D eigenvalue weighted by atomic mass is 9.96. The number of ether oxygens (including phenoxy) is 1. The van der Waals surface area contributed by atoms with E-state index in [2.05, 4.69) is 66.7 Å². The molecule has 1 atom stereocenters. The molecule has 142 valence electrons. The fraction of sp³-hybridized carbons (Fsp3) is 0.381. The zero-order valence-corrected chi connectivity index (χ0v) is 16.7. The van der Waals surface area contributed by atoms with Gasteiger partial charge in [-0.05, 0) is 72.5 Å². The van der Waals surface area contributed by atoms with Crippen LogP contribution in [0.1, 0.15) is 44.1 Å². The maximum atomic E-state index is 5.25. The van der Waals surface area contributed by atoms with Crippen molar-refractivity contribution in [1.29, 1.82) is 0 Å². The molecule has 1 N–H and O–H groups in total. The van der Waals surface area contributed by atoms with Crippen LogP contribution in [0.2, 0.25) is 0 Å². The zero-order valence-electron chi connectivity index (χ0n) is 16.7. The first-order valence-corrected chi connectivity index (χ1v) is 9.32. The average molecular weight is 365 g/mol. The normalized spacial score (nSPS) is 13.2. The Morgan fingerprint density at radius 2 is 1.85 bits per heavy atom. The molecule has 1 aromatic heterocycles. The second kappa shape index (κ2) is 7.78. The van der Waals surface area contributed by atoms with Gasteiger partial charge in [0.25, 0.3) is 0 Å². The highest BCUT2D eigenvalue weighted by molar-refractivity contribution is 5.51. The summed E-state index contributed by atoms with van der Waals surface area (Å²) in [7, 11) is 1.67. The monoisotopic (exact) mass is 365 g/mol. The summed E-state index contributed by atoms with van der Waals surface area (Å²) >= 11 is 0. The molecule has 0 fully saturated rings. The van der Waals surface area contributed by atoms with E-state index in [-0.39, 0.29) is 0 Å². The first-order valence-electron chi connectivity index (χ1n) is 9.32. The van der Waals surface area contributed by atoms with E-state index in [1.54, 1.807) is 7.11 Å². The van der Waals surface area contributed by atoms with Crippen LogP contribution in [0.5, 0.6) is 5.75 Å². The highest BCUT2D eigenvalue weighted by atomic mass is 16.5. The van der Waals surface area contributed by atoms with Gasteiger partial charge in [-0.25, -0.2) is 0 Å². The molecule has 0 amide bonds. The van der Waals surface area contributed by atoms with E-state index in [0.717, 1.165) is 41.4 Å². The second-order valence-electron chi connectivity index (χ2n) is 6.89. The molecular formula is C21H27N5O. The number of aromatic nitrogens is 4. The van der Waals surface area contributed by atoms with Crippen molar-refractivity contribution in [3.63, 3.8) is 0 Å². The number of nitrogens with one attached hydrogen (secondary N) is 1. The Morgan fingerprint density at radius 1 is 1.11 bits per heavy atom. The van der Waals surface area contributed by atoms with Crippen molar-refractivity contribution in [2.24, 2.45) is 0 Å². The third-order valence-electron chi connectivity index (χ3n) is 5.09. The first kappa shape index (κ1) is 18.9. The van der Waals surface area contributed by atoms with Gasteiger partial charge in [0.05, 0.1) is 18.3 Å². The van der Waals surface area contributed by atoms with Crippen LogP contribution in [0.25, 0.3) is 5.69 Å². The number of benzene rings is 2. The van der Waals surface area contributed by atoms with Crippen LogP contribution in [0.15, 0.2) is 42.5 Å². The molecule has 1 heterocycles. The molecule has 6 nitrogen and oxygen atoms in total. The van der Waals surface area contributed by atoms with Crippen molar-refractivity contribution in [3.8, 4) is 11.4 Å². The largest absolute Gasteiger partial charge is 0.497 e. The summed E-state index contributed by atoms with van der Waals surface area (Å²) in [5.41, 5.74) is 4.02. The maximum absolute atomic E-state index is 5.25. The van der Waals surface area contributed by atoms with Gasteiger partial charge in [0.15, 0.2) is 5.82 Å². The number of anilines is 1. The van der Waals surface area contributed by atoms with E-state index in [4.69, 9.17) is 4.74 Å². The second-order valence-corrected chi connectivity index (χ2v) is 6.89. The molecule has 0 radical (unpaired) electrons. The van der Waals surface area contributed by atoms with E-state index < -0.39 is 5.54 Å². The molecule has 2 aromatic carbocycles. The summed E-state index contributed by atoms with van der Waals surface area (Å²) in [6.45, 7) is 8.51. The Bertz CT molecular complexity index is 903. The highest BCUT2D eigenvalue weighted by Crippen LogP contribution is 2.31. The first-order chi connectivity index (χ1) is 13.0. The number of nitrogens with zero attached hydrogens (tertiary/aromatic N) is 4. The Labute approximate surface area is 160 Å². The number of methoxy groups -OCH3 is 1. The van der Waals surface area contributed by atoms with Crippen molar-refractivity contribution in [2.75, 3.05) is 12.4 Å². The third kappa shape index (κ3) is 3.65. The number of para-hydroxylation sites is 1. The molecule has 0 saturated heterocycles. The van der Waals surface area contributed by atoms with Crippen LogP contribution in [-0.4, -0.2) is 27.3 Å². The van der Waals surface area contributed by atoms with Gasteiger partial charge in [0.2, 0.25) is 0 Å². The minimum atomic E-state index is -0.425. The number of aryl methyl sites for hydroxylation is 2. The van der Waals surface area contributed by atoms with Gasteiger partial charge >= 0.3 is 0 Å². The topological polar surface area (TPSA) is 64.9 Å². The minimum absolute atomic E-state index is 0.425. The maximum Gasteiger partial charge on any atom is 0.181 e. The van der Waals surface area contributed by atoms with Gasteiger partial charge in [0.1, 0.15) is 5.75 Å². The Morgan fingerprint density at radius 3 is 2.48 bits per heavy atom. The number of tetrazole rings is 1. The lowest BCUT2D eigenvalue weighted by molar-refractivity contribution is 0.414. The number of hydrogen-bond acceptors (Lipinski definition) is 5. The quantitative estimate of drug-likeness (QED) is 0.677. The Kier molecular flexibility index (Phi) is 5.44. The lowest BCUT2D eigenvalue weighted by Gasteiger charge is -2.30. The molecule has 0 aliphatic carbocycles. The molecule has 0 aliphatic heterocycles. The average Bonchev–Trinajstić information content (AvgIpc) is 3.18. The van der Waals surface area contributed by atoms with Crippen LogP contribution in [0, 0.1) is 6.92 Å². The molecular weight excluding hydrogens is 338 g/mol. The predicted molar refractivity (Wildman–Crippen MR) is 108 cm³/mol. The van der Waals surface area contributed by atoms with Crippen molar-refractivity contribution in [1.82, 2.24) is 20.2 Å². The summed E-state index contributed by atoms with van der Waals surface area (Å²) in [6, 6.07) is 14.2. The minimum Gasteiger partial charge on any atom is -0.497 e. The van der Waals surface area contributed by atoms with Gasteiger partial charge in [-0.15, -0.1) is 5.10 Å². The number of rotatable bonds is 7. The van der Waals surface area contributed by atoms with Gasteiger partial charge in [-0.1, -0.05) is 32.0 Å². The molecule has 0 aliphatic rings. The Hall–Kier alpha value is -2.89. The van der Waals surface area contributed by atoms with E-state index in [9.17, 15) is 0 Å². The highest BCUT2D eigenvalue weighted by Gasteiger charge is 2.32. The molecule has 6 heteroatoms. The fourth-order valence-electron chi connectivity index (χ4n) is 3.29. The SMILES string of the molecule is CCc1cccc(C)c1-n1nnnc1C(C)(CC)Nc1ccc(OC)cc1. The lowest BCUT2D eigenvalue weighted by Crippen LogP contribution is -2.34. The number of hydrogen-bond donors (Lipinski definition) is 1. The van der Waals surface area contributed by atoms with Gasteiger partial charge < -0.3 is 10.1 Å². The van der Waals surface area contributed by atoms with Crippen LogP contribution < -0.4 is 10.1 Å². The van der Waals surface area contributed by atoms with Crippen LogP contribution in [0.4, 0.5) is 5.69 Å². The van der Waals surface area contributed by atoms with Crippen LogP contribution in [0.3, 0.4) is 0 Å². The molecule has 27 heavy (non-hydrogen) atoms. The molecule has 0 bridgehead atoms.